The van der Waals surface area contributed by atoms with Gasteiger partial charge < -0.3 is 20.6 Å². The Morgan fingerprint density at radius 3 is 2.47 bits per heavy atom. The van der Waals surface area contributed by atoms with Crippen LogP contribution in [0, 0.1) is 0 Å². The van der Waals surface area contributed by atoms with Gasteiger partial charge in [-0.25, -0.2) is 4.79 Å². The molecule has 0 saturated heterocycles. The van der Waals surface area contributed by atoms with Crippen LogP contribution in [0.5, 0.6) is 0 Å². The molecule has 5 nitrogen and oxygen atoms in total. The molecule has 15 heavy (non-hydrogen) atoms. The van der Waals surface area contributed by atoms with Gasteiger partial charge in [0.05, 0.1) is 6.61 Å². The van der Waals surface area contributed by atoms with Gasteiger partial charge in [0.25, 0.3) is 0 Å². The minimum absolute atomic E-state index is 0.00500. The quantitative estimate of drug-likeness (QED) is 0.478. The van der Waals surface area contributed by atoms with Crippen LogP contribution in [0.3, 0.4) is 0 Å². The smallest absolute Gasteiger partial charge is 0.336 e. The molecule has 0 aromatic carbocycles. The fourth-order valence-electron chi connectivity index (χ4n) is 1.00. The Hall–Kier alpha value is -0.300. The summed E-state index contributed by atoms with van der Waals surface area (Å²) in [5, 5.41) is 30.0. The number of thioether (sulfide) groups is 1. The minimum atomic E-state index is -1.77. The zero-order valence-electron chi connectivity index (χ0n) is 9.23. The maximum atomic E-state index is 10.6. The van der Waals surface area contributed by atoms with Gasteiger partial charge in [0.2, 0.25) is 0 Å². The van der Waals surface area contributed by atoms with Crippen molar-refractivity contribution in [3.05, 3.63) is 0 Å². The molecule has 0 spiro atoms. The third-order valence-corrected chi connectivity index (χ3v) is 3.43. The molecule has 0 saturated carbocycles. The second kappa shape index (κ2) is 6.32. The number of aliphatic hydroxyl groups is 2. The summed E-state index contributed by atoms with van der Waals surface area (Å²) in [6.07, 6.45) is 1.87. The van der Waals surface area contributed by atoms with E-state index in [2.05, 4.69) is 5.32 Å². The van der Waals surface area contributed by atoms with E-state index in [0.717, 1.165) is 0 Å². The molecule has 3 unspecified atom stereocenters. The number of aliphatic carboxylic acids is 1. The molecule has 3 atom stereocenters. The fraction of sp³-hybridized carbons (Fsp3) is 0.889. The SMILES string of the molecule is CSC(CO)C(C)NCC(C)(O)C(=O)O. The summed E-state index contributed by atoms with van der Waals surface area (Å²) >= 11 is 1.50. The topological polar surface area (TPSA) is 89.8 Å². The van der Waals surface area contributed by atoms with Gasteiger partial charge in [-0.15, -0.1) is 0 Å². The van der Waals surface area contributed by atoms with Crippen LogP contribution >= 0.6 is 11.8 Å². The van der Waals surface area contributed by atoms with Gasteiger partial charge in [-0.2, -0.15) is 11.8 Å². The van der Waals surface area contributed by atoms with Crippen LogP contribution in [-0.2, 0) is 4.79 Å². The Balaban J connectivity index is 4.09. The van der Waals surface area contributed by atoms with Crippen molar-refractivity contribution in [3.8, 4) is 0 Å². The van der Waals surface area contributed by atoms with Crippen LogP contribution in [0.4, 0.5) is 0 Å². The van der Waals surface area contributed by atoms with E-state index < -0.39 is 11.6 Å². The standard InChI is InChI=1S/C9H19NO4S/c1-6(7(4-11)15-3)10-5-9(2,14)8(12)13/h6-7,10-11,14H,4-5H2,1-3H3,(H,12,13). The Labute approximate surface area is 93.9 Å². The normalized spacial score (nSPS) is 19.3. The number of carboxylic acids is 1. The summed E-state index contributed by atoms with van der Waals surface area (Å²) in [6, 6.07) is -0.0594. The number of hydrogen-bond donors (Lipinski definition) is 4. The van der Waals surface area contributed by atoms with Gasteiger partial charge in [0.15, 0.2) is 5.60 Å². The summed E-state index contributed by atoms with van der Waals surface area (Å²) in [4.78, 5) is 10.6. The van der Waals surface area contributed by atoms with Gasteiger partial charge in [0, 0.05) is 17.8 Å². The highest BCUT2D eigenvalue weighted by Gasteiger charge is 2.30. The first-order chi connectivity index (χ1) is 6.85. The van der Waals surface area contributed by atoms with Crippen molar-refractivity contribution >= 4 is 17.7 Å². The zero-order valence-corrected chi connectivity index (χ0v) is 10.0. The summed E-state index contributed by atoms with van der Waals surface area (Å²) < 4.78 is 0. The molecule has 0 aliphatic carbocycles. The van der Waals surface area contributed by atoms with Crippen molar-refractivity contribution in [2.45, 2.75) is 30.7 Å². The van der Waals surface area contributed by atoms with Crippen molar-refractivity contribution < 1.29 is 20.1 Å². The Bertz CT molecular complexity index is 206. The van der Waals surface area contributed by atoms with Gasteiger partial charge in [-0.05, 0) is 20.1 Å². The van der Waals surface area contributed by atoms with E-state index in [4.69, 9.17) is 10.2 Å². The van der Waals surface area contributed by atoms with E-state index in [1.165, 1.54) is 18.7 Å². The van der Waals surface area contributed by atoms with E-state index >= 15 is 0 Å². The summed E-state index contributed by atoms with van der Waals surface area (Å²) in [7, 11) is 0. The minimum Gasteiger partial charge on any atom is -0.479 e. The van der Waals surface area contributed by atoms with E-state index in [1.54, 1.807) is 0 Å². The Morgan fingerprint density at radius 2 is 2.13 bits per heavy atom. The summed E-state index contributed by atoms with van der Waals surface area (Å²) in [5.41, 5.74) is -1.77. The summed E-state index contributed by atoms with van der Waals surface area (Å²) in [5.74, 6) is -1.26. The first-order valence-electron chi connectivity index (χ1n) is 4.68. The largest absolute Gasteiger partial charge is 0.479 e. The second-order valence-corrected chi connectivity index (χ2v) is 4.78. The predicted octanol–water partition coefficient (Wildman–Crippen LogP) is -0.476. The highest BCUT2D eigenvalue weighted by molar-refractivity contribution is 7.99. The van der Waals surface area contributed by atoms with Gasteiger partial charge >= 0.3 is 5.97 Å². The van der Waals surface area contributed by atoms with Crippen LogP contribution in [-0.4, -0.2) is 57.6 Å². The van der Waals surface area contributed by atoms with Crippen LogP contribution in [0.15, 0.2) is 0 Å². The predicted molar refractivity (Wildman–Crippen MR) is 60.1 cm³/mol. The number of rotatable bonds is 7. The van der Waals surface area contributed by atoms with E-state index in [-0.39, 0.29) is 24.4 Å². The molecule has 0 rings (SSSR count). The van der Waals surface area contributed by atoms with Crippen molar-refractivity contribution in [2.24, 2.45) is 0 Å². The molecule has 0 bridgehead atoms. The van der Waals surface area contributed by atoms with Gasteiger partial charge in [-0.1, -0.05) is 0 Å². The Morgan fingerprint density at radius 1 is 1.60 bits per heavy atom. The van der Waals surface area contributed by atoms with Gasteiger partial charge in [-0.3, -0.25) is 0 Å². The molecule has 0 aliphatic rings. The lowest BCUT2D eigenvalue weighted by molar-refractivity contribution is -0.156. The zero-order chi connectivity index (χ0) is 12.1. The molecule has 0 fully saturated rings. The molecule has 0 aliphatic heterocycles. The highest BCUT2D eigenvalue weighted by atomic mass is 32.2. The second-order valence-electron chi connectivity index (χ2n) is 3.71. The number of aliphatic hydroxyl groups excluding tert-OH is 1. The lowest BCUT2D eigenvalue weighted by Crippen LogP contribution is -2.49. The van der Waals surface area contributed by atoms with Crippen molar-refractivity contribution in [3.63, 3.8) is 0 Å². The molecule has 90 valence electrons. The highest BCUT2D eigenvalue weighted by Crippen LogP contribution is 2.11. The molecule has 6 heteroatoms. The average Bonchev–Trinajstić information content (AvgIpc) is 2.16. The number of nitrogens with one attached hydrogen (secondary N) is 1. The lowest BCUT2D eigenvalue weighted by atomic mass is 10.1. The number of carboxylic acid groups (broad SMARTS) is 1. The third-order valence-electron chi connectivity index (χ3n) is 2.27. The first-order valence-corrected chi connectivity index (χ1v) is 5.96. The molecular formula is C9H19NO4S. The maximum absolute atomic E-state index is 10.6. The average molecular weight is 237 g/mol. The molecule has 0 heterocycles. The molecule has 0 aromatic heterocycles. The molecular weight excluding hydrogens is 218 g/mol. The molecule has 0 amide bonds. The van der Waals surface area contributed by atoms with E-state index in [0.29, 0.717) is 0 Å². The number of hydrogen-bond acceptors (Lipinski definition) is 5. The van der Waals surface area contributed by atoms with Gasteiger partial charge in [0.1, 0.15) is 0 Å². The molecule has 0 radical (unpaired) electrons. The Kier molecular flexibility index (Phi) is 6.19. The van der Waals surface area contributed by atoms with Crippen molar-refractivity contribution in [1.82, 2.24) is 5.32 Å². The van der Waals surface area contributed by atoms with E-state index in [9.17, 15) is 9.90 Å². The molecule has 4 N–H and O–H groups in total. The maximum Gasteiger partial charge on any atom is 0.336 e. The molecule has 0 aromatic rings. The van der Waals surface area contributed by atoms with Crippen molar-refractivity contribution in [2.75, 3.05) is 19.4 Å². The van der Waals surface area contributed by atoms with Crippen LogP contribution in [0.25, 0.3) is 0 Å². The van der Waals surface area contributed by atoms with E-state index in [1.807, 2.05) is 13.2 Å². The van der Waals surface area contributed by atoms with Crippen LogP contribution in [0.1, 0.15) is 13.8 Å². The lowest BCUT2D eigenvalue weighted by Gasteiger charge is -2.25. The van der Waals surface area contributed by atoms with Crippen molar-refractivity contribution in [1.29, 1.82) is 0 Å². The first kappa shape index (κ1) is 14.7. The van der Waals surface area contributed by atoms with Crippen LogP contribution in [0.2, 0.25) is 0 Å². The number of carbonyl (C=O) groups is 1. The monoisotopic (exact) mass is 237 g/mol. The summed E-state index contributed by atoms with van der Waals surface area (Å²) in [6.45, 7) is 3.06. The fourth-order valence-corrected chi connectivity index (χ4v) is 1.66. The van der Waals surface area contributed by atoms with Crippen LogP contribution < -0.4 is 5.32 Å². The third kappa shape index (κ3) is 4.83.